The Bertz CT molecular complexity index is 529. The van der Waals surface area contributed by atoms with Gasteiger partial charge in [0.2, 0.25) is 0 Å². The van der Waals surface area contributed by atoms with E-state index in [1.165, 1.54) is 17.6 Å². The lowest BCUT2D eigenvalue weighted by Gasteiger charge is -2.33. The highest BCUT2D eigenvalue weighted by Crippen LogP contribution is 2.28. The molecule has 4 heteroatoms. The fraction of sp³-hybridized carbons (Fsp3) is 0.562. The first-order chi connectivity index (χ1) is 9.65. The zero-order chi connectivity index (χ0) is 14.1. The van der Waals surface area contributed by atoms with E-state index in [0.717, 1.165) is 36.3 Å². The van der Waals surface area contributed by atoms with Crippen LogP contribution in [0.3, 0.4) is 0 Å². The van der Waals surface area contributed by atoms with Crippen molar-refractivity contribution in [2.45, 2.75) is 38.8 Å². The minimum Gasteiger partial charge on any atom is -0.377 e. The van der Waals surface area contributed by atoms with Crippen molar-refractivity contribution in [3.05, 3.63) is 34.1 Å². The maximum absolute atomic E-state index is 5.68. The van der Waals surface area contributed by atoms with Crippen LogP contribution in [0.4, 0.5) is 0 Å². The Kier molecular flexibility index (Phi) is 4.24. The molecule has 1 aromatic rings. The molecule has 0 saturated carbocycles. The van der Waals surface area contributed by atoms with Crippen LogP contribution in [0.15, 0.2) is 22.8 Å². The molecule has 0 bridgehead atoms. The predicted octanol–water partition coefficient (Wildman–Crippen LogP) is 3.42. The number of ether oxygens (including phenoxy) is 1. The zero-order valence-corrected chi connectivity index (χ0v) is 13.7. The minimum absolute atomic E-state index is 0.373. The van der Waals surface area contributed by atoms with Crippen LogP contribution >= 0.6 is 15.9 Å². The number of hydrogen-bond acceptors (Lipinski definition) is 3. The van der Waals surface area contributed by atoms with Crippen molar-refractivity contribution in [1.82, 2.24) is 9.88 Å². The van der Waals surface area contributed by atoms with Crippen LogP contribution < -0.4 is 0 Å². The van der Waals surface area contributed by atoms with Crippen molar-refractivity contribution < 1.29 is 4.74 Å². The minimum atomic E-state index is 0.373. The van der Waals surface area contributed by atoms with Gasteiger partial charge >= 0.3 is 0 Å². The van der Waals surface area contributed by atoms with Crippen molar-refractivity contribution in [2.75, 3.05) is 19.7 Å². The topological polar surface area (TPSA) is 25.4 Å². The molecule has 1 aromatic heterocycles. The fourth-order valence-corrected chi connectivity index (χ4v) is 3.72. The summed E-state index contributed by atoms with van der Waals surface area (Å²) >= 11 is 3.48. The number of aromatic nitrogens is 1. The molecule has 0 radical (unpaired) electrons. The van der Waals surface area contributed by atoms with Gasteiger partial charge in [-0.15, -0.1) is 0 Å². The summed E-state index contributed by atoms with van der Waals surface area (Å²) in [6.07, 6.45) is 6.86. The van der Waals surface area contributed by atoms with Crippen LogP contribution in [0.1, 0.15) is 31.0 Å². The predicted molar refractivity (Wildman–Crippen MR) is 84.7 cm³/mol. The number of hydrogen-bond donors (Lipinski definition) is 0. The SMILES string of the molecule is Cc1cc(Br)cnc1C1=CCN([C@@H]2CCO[C@H]2C)CC1. The van der Waals surface area contributed by atoms with Crippen LogP contribution in [-0.2, 0) is 4.74 Å². The van der Waals surface area contributed by atoms with E-state index >= 15 is 0 Å². The van der Waals surface area contributed by atoms with E-state index in [2.05, 4.69) is 51.8 Å². The number of aryl methyl sites for hydroxylation is 1. The second kappa shape index (κ2) is 5.96. The van der Waals surface area contributed by atoms with E-state index in [-0.39, 0.29) is 0 Å². The molecule has 108 valence electrons. The van der Waals surface area contributed by atoms with E-state index < -0.39 is 0 Å². The summed E-state index contributed by atoms with van der Waals surface area (Å²) in [5, 5.41) is 0. The average Bonchev–Trinajstić information content (AvgIpc) is 2.85. The van der Waals surface area contributed by atoms with Crippen LogP contribution in [0.25, 0.3) is 5.57 Å². The first kappa shape index (κ1) is 14.2. The Morgan fingerprint density at radius 3 is 2.90 bits per heavy atom. The Balaban J connectivity index is 1.73. The molecule has 3 nitrogen and oxygen atoms in total. The van der Waals surface area contributed by atoms with Crippen LogP contribution in [-0.4, -0.2) is 41.7 Å². The number of nitrogens with zero attached hydrogens (tertiary/aromatic N) is 2. The summed E-state index contributed by atoms with van der Waals surface area (Å²) in [6.45, 7) is 7.36. The smallest absolute Gasteiger partial charge is 0.0703 e. The maximum Gasteiger partial charge on any atom is 0.0703 e. The van der Waals surface area contributed by atoms with E-state index in [1.807, 2.05) is 6.20 Å². The van der Waals surface area contributed by atoms with Gasteiger partial charge in [0.1, 0.15) is 0 Å². The molecule has 2 aliphatic rings. The summed E-state index contributed by atoms with van der Waals surface area (Å²) in [6, 6.07) is 2.73. The Hall–Kier alpha value is -0.710. The molecule has 0 aromatic carbocycles. The van der Waals surface area contributed by atoms with E-state index in [0.29, 0.717) is 12.1 Å². The molecule has 1 fully saturated rings. The number of pyridine rings is 1. The summed E-state index contributed by atoms with van der Waals surface area (Å²) in [7, 11) is 0. The average molecular weight is 337 g/mol. The molecule has 2 atom stereocenters. The molecule has 3 heterocycles. The Morgan fingerprint density at radius 1 is 1.45 bits per heavy atom. The molecule has 2 aliphatic heterocycles. The standard InChI is InChI=1S/C16H21BrN2O/c1-11-9-14(17)10-18-16(11)13-3-6-19(7-4-13)15-5-8-20-12(15)2/h3,9-10,12,15H,4-8H2,1-2H3/t12-,15+/m0/s1. The van der Waals surface area contributed by atoms with Gasteiger partial charge in [-0.2, -0.15) is 0 Å². The quantitative estimate of drug-likeness (QED) is 0.827. The second-order valence-electron chi connectivity index (χ2n) is 5.73. The van der Waals surface area contributed by atoms with Crippen molar-refractivity contribution in [3.63, 3.8) is 0 Å². The summed E-state index contributed by atoms with van der Waals surface area (Å²) in [4.78, 5) is 7.13. The van der Waals surface area contributed by atoms with E-state index in [4.69, 9.17) is 4.74 Å². The summed E-state index contributed by atoms with van der Waals surface area (Å²) in [5.41, 5.74) is 3.79. The summed E-state index contributed by atoms with van der Waals surface area (Å²) < 4.78 is 6.73. The van der Waals surface area contributed by atoms with Crippen molar-refractivity contribution in [3.8, 4) is 0 Å². The van der Waals surface area contributed by atoms with Crippen LogP contribution in [0.2, 0.25) is 0 Å². The monoisotopic (exact) mass is 336 g/mol. The third kappa shape index (κ3) is 2.83. The number of halogens is 1. The van der Waals surface area contributed by atoms with Crippen LogP contribution in [0, 0.1) is 6.92 Å². The first-order valence-electron chi connectivity index (χ1n) is 7.32. The highest BCUT2D eigenvalue weighted by molar-refractivity contribution is 9.10. The molecular formula is C16H21BrN2O. The number of rotatable bonds is 2. The molecule has 0 spiro atoms. The molecule has 0 aliphatic carbocycles. The van der Waals surface area contributed by atoms with Gasteiger partial charge in [0.15, 0.2) is 0 Å². The van der Waals surface area contributed by atoms with Crippen molar-refractivity contribution >= 4 is 21.5 Å². The lowest BCUT2D eigenvalue weighted by Crippen LogP contribution is -2.42. The molecule has 1 saturated heterocycles. The lowest BCUT2D eigenvalue weighted by atomic mass is 9.98. The first-order valence-corrected chi connectivity index (χ1v) is 8.11. The van der Waals surface area contributed by atoms with Gasteiger partial charge in [-0.05, 0) is 59.8 Å². The third-order valence-electron chi connectivity index (χ3n) is 4.39. The summed E-state index contributed by atoms with van der Waals surface area (Å²) in [5.74, 6) is 0. The molecule has 20 heavy (non-hydrogen) atoms. The molecule has 3 rings (SSSR count). The van der Waals surface area contributed by atoms with Gasteiger partial charge in [-0.3, -0.25) is 9.88 Å². The van der Waals surface area contributed by atoms with Gasteiger partial charge in [-0.1, -0.05) is 6.08 Å². The molecule has 0 unspecified atom stereocenters. The van der Waals surface area contributed by atoms with Gasteiger partial charge in [-0.25, -0.2) is 0 Å². The van der Waals surface area contributed by atoms with Gasteiger partial charge in [0.05, 0.1) is 11.8 Å². The normalized spacial score (nSPS) is 27.6. The van der Waals surface area contributed by atoms with E-state index in [1.54, 1.807) is 0 Å². The van der Waals surface area contributed by atoms with Gasteiger partial charge in [0.25, 0.3) is 0 Å². The lowest BCUT2D eigenvalue weighted by molar-refractivity contribution is 0.0782. The highest BCUT2D eigenvalue weighted by Gasteiger charge is 2.30. The molecule has 0 amide bonds. The van der Waals surface area contributed by atoms with Gasteiger partial charge in [0, 0.05) is 36.4 Å². The Labute approximate surface area is 129 Å². The third-order valence-corrected chi connectivity index (χ3v) is 4.83. The largest absolute Gasteiger partial charge is 0.377 e. The maximum atomic E-state index is 5.68. The van der Waals surface area contributed by atoms with Gasteiger partial charge < -0.3 is 4.74 Å². The fourth-order valence-electron chi connectivity index (χ4n) is 3.28. The molecule has 0 N–H and O–H groups in total. The van der Waals surface area contributed by atoms with Crippen LogP contribution in [0.5, 0.6) is 0 Å². The Morgan fingerprint density at radius 2 is 2.30 bits per heavy atom. The van der Waals surface area contributed by atoms with Crippen molar-refractivity contribution in [1.29, 1.82) is 0 Å². The molecular weight excluding hydrogens is 316 g/mol. The second-order valence-corrected chi connectivity index (χ2v) is 6.64. The highest BCUT2D eigenvalue weighted by atomic mass is 79.9. The van der Waals surface area contributed by atoms with Crippen molar-refractivity contribution in [2.24, 2.45) is 0 Å². The zero-order valence-electron chi connectivity index (χ0n) is 12.1. The van der Waals surface area contributed by atoms with E-state index in [9.17, 15) is 0 Å².